The minimum absolute atomic E-state index is 0.0155. The standard InChI is InChI=1S/C20H28Cl2N2O3/c1-5-23(13-15-16(21)9-6-10-17(15)22)18(25)14-8-7-11-24(12-14)19(26)27-20(2,3)4/h6,9-10,14H,5,7-8,11-13H2,1-4H3. The van der Waals surface area contributed by atoms with Crippen molar-refractivity contribution in [1.29, 1.82) is 0 Å². The van der Waals surface area contributed by atoms with Gasteiger partial charge in [0.25, 0.3) is 0 Å². The van der Waals surface area contributed by atoms with Crippen LogP contribution < -0.4 is 0 Å². The molecule has 1 aromatic carbocycles. The highest BCUT2D eigenvalue weighted by atomic mass is 35.5. The fourth-order valence-electron chi connectivity index (χ4n) is 3.15. The number of amides is 2. The van der Waals surface area contributed by atoms with Crippen LogP contribution in [0.1, 0.15) is 46.1 Å². The monoisotopic (exact) mass is 414 g/mol. The molecule has 27 heavy (non-hydrogen) atoms. The topological polar surface area (TPSA) is 49.9 Å². The highest BCUT2D eigenvalue weighted by Gasteiger charge is 2.33. The molecule has 1 saturated heterocycles. The Labute approximate surface area is 171 Å². The SMILES string of the molecule is CCN(Cc1c(Cl)cccc1Cl)C(=O)C1CCCN(C(=O)OC(C)(C)C)C1. The van der Waals surface area contributed by atoms with Crippen molar-refractivity contribution in [2.24, 2.45) is 5.92 Å². The van der Waals surface area contributed by atoms with Gasteiger partial charge in [-0.05, 0) is 52.7 Å². The van der Waals surface area contributed by atoms with Crippen LogP contribution in [0.3, 0.4) is 0 Å². The first kappa shape index (κ1) is 21.8. The third-order valence-corrected chi connectivity index (χ3v) is 5.23. The summed E-state index contributed by atoms with van der Waals surface area (Å²) in [5, 5.41) is 1.10. The van der Waals surface area contributed by atoms with Gasteiger partial charge in [0.15, 0.2) is 0 Å². The van der Waals surface area contributed by atoms with Gasteiger partial charge in [0.2, 0.25) is 5.91 Å². The Balaban J connectivity index is 2.07. The molecule has 0 spiro atoms. The van der Waals surface area contributed by atoms with Gasteiger partial charge in [0, 0.05) is 41.8 Å². The zero-order valence-electron chi connectivity index (χ0n) is 16.4. The number of carbonyl (C=O) groups is 2. The number of ether oxygens (including phenoxy) is 1. The fourth-order valence-corrected chi connectivity index (χ4v) is 3.67. The van der Waals surface area contributed by atoms with Crippen molar-refractivity contribution in [2.75, 3.05) is 19.6 Å². The quantitative estimate of drug-likeness (QED) is 0.696. The average Bonchev–Trinajstić information content (AvgIpc) is 2.60. The molecule has 1 aliphatic rings. The van der Waals surface area contributed by atoms with Crippen molar-refractivity contribution in [1.82, 2.24) is 9.80 Å². The molecule has 0 bridgehead atoms. The van der Waals surface area contributed by atoms with Crippen LogP contribution >= 0.6 is 23.2 Å². The Morgan fingerprint density at radius 3 is 2.44 bits per heavy atom. The van der Waals surface area contributed by atoms with E-state index in [4.69, 9.17) is 27.9 Å². The lowest BCUT2D eigenvalue weighted by atomic mass is 9.96. The highest BCUT2D eigenvalue weighted by Crippen LogP contribution is 2.27. The lowest BCUT2D eigenvalue weighted by molar-refractivity contribution is -0.137. The molecule has 0 N–H and O–H groups in total. The molecule has 0 aliphatic carbocycles. The second-order valence-corrected chi connectivity index (χ2v) is 8.63. The van der Waals surface area contributed by atoms with Crippen molar-refractivity contribution in [2.45, 2.75) is 52.7 Å². The largest absolute Gasteiger partial charge is 0.444 e. The van der Waals surface area contributed by atoms with Crippen LogP contribution in [-0.4, -0.2) is 47.0 Å². The van der Waals surface area contributed by atoms with E-state index >= 15 is 0 Å². The molecule has 0 saturated carbocycles. The second kappa shape index (κ2) is 9.16. The van der Waals surface area contributed by atoms with E-state index in [-0.39, 0.29) is 17.9 Å². The van der Waals surface area contributed by atoms with E-state index in [1.54, 1.807) is 28.0 Å². The van der Waals surface area contributed by atoms with Gasteiger partial charge in [-0.15, -0.1) is 0 Å². The van der Waals surface area contributed by atoms with Gasteiger partial charge in [0.1, 0.15) is 5.60 Å². The molecule has 0 aromatic heterocycles. The predicted octanol–water partition coefficient (Wildman–Crippen LogP) is 4.99. The first-order chi connectivity index (χ1) is 12.6. The van der Waals surface area contributed by atoms with Crippen LogP contribution in [0.5, 0.6) is 0 Å². The van der Waals surface area contributed by atoms with Crippen LogP contribution in [-0.2, 0) is 16.1 Å². The molecule has 1 fully saturated rings. The summed E-state index contributed by atoms with van der Waals surface area (Å²) in [5.74, 6) is -0.228. The van der Waals surface area contributed by atoms with E-state index in [0.717, 1.165) is 18.4 Å². The summed E-state index contributed by atoms with van der Waals surface area (Å²) >= 11 is 12.5. The van der Waals surface area contributed by atoms with Gasteiger partial charge >= 0.3 is 6.09 Å². The maximum absolute atomic E-state index is 13.1. The van der Waals surface area contributed by atoms with Crippen molar-refractivity contribution in [3.63, 3.8) is 0 Å². The zero-order valence-corrected chi connectivity index (χ0v) is 17.9. The highest BCUT2D eigenvalue weighted by molar-refractivity contribution is 6.36. The normalized spacial score (nSPS) is 17.6. The third-order valence-electron chi connectivity index (χ3n) is 4.53. The van der Waals surface area contributed by atoms with E-state index in [2.05, 4.69) is 0 Å². The lowest BCUT2D eigenvalue weighted by Gasteiger charge is -2.35. The Hall–Kier alpha value is -1.46. The molecule has 1 aliphatic heterocycles. The minimum atomic E-state index is -0.551. The molecule has 1 aromatic rings. The maximum Gasteiger partial charge on any atom is 0.410 e. The molecule has 150 valence electrons. The number of rotatable bonds is 4. The Kier molecular flexibility index (Phi) is 7.40. The molecule has 2 amide bonds. The number of benzene rings is 1. The molecule has 5 nitrogen and oxygen atoms in total. The van der Waals surface area contributed by atoms with Crippen molar-refractivity contribution < 1.29 is 14.3 Å². The van der Waals surface area contributed by atoms with Crippen LogP contribution in [0.2, 0.25) is 10.0 Å². The Morgan fingerprint density at radius 2 is 1.89 bits per heavy atom. The number of hydrogen-bond acceptors (Lipinski definition) is 3. The van der Waals surface area contributed by atoms with E-state index < -0.39 is 5.60 Å². The van der Waals surface area contributed by atoms with E-state index in [9.17, 15) is 9.59 Å². The predicted molar refractivity (Wildman–Crippen MR) is 108 cm³/mol. The molecule has 7 heteroatoms. The Bertz CT molecular complexity index is 668. The lowest BCUT2D eigenvalue weighted by Crippen LogP contribution is -2.47. The van der Waals surface area contributed by atoms with E-state index in [1.165, 1.54) is 0 Å². The van der Waals surface area contributed by atoms with Gasteiger partial charge in [-0.3, -0.25) is 4.79 Å². The molecule has 0 radical (unpaired) electrons. The molecular weight excluding hydrogens is 387 g/mol. The second-order valence-electron chi connectivity index (χ2n) is 7.82. The summed E-state index contributed by atoms with van der Waals surface area (Å²) in [7, 11) is 0. The van der Waals surface area contributed by atoms with Crippen molar-refractivity contribution >= 4 is 35.2 Å². The van der Waals surface area contributed by atoms with Gasteiger partial charge in [0.05, 0.1) is 5.92 Å². The first-order valence-electron chi connectivity index (χ1n) is 9.32. The Morgan fingerprint density at radius 1 is 1.26 bits per heavy atom. The molecule has 2 rings (SSSR count). The van der Waals surface area contributed by atoms with Crippen LogP contribution in [0.4, 0.5) is 4.79 Å². The number of hydrogen-bond donors (Lipinski definition) is 0. The van der Waals surface area contributed by atoms with Gasteiger partial charge in [-0.2, -0.15) is 0 Å². The van der Waals surface area contributed by atoms with Gasteiger partial charge < -0.3 is 14.5 Å². The summed E-state index contributed by atoms with van der Waals surface area (Å²) in [6, 6.07) is 5.32. The van der Waals surface area contributed by atoms with E-state index in [0.29, 0.717) is 36.2 Å². The maximum atomic E-state index is 13.1. The summed E-state index contributed by atoms with van der Waals surface area (Å²) in [4.78, 5) is 28.8. The van der Waals surface area contributed by atoms with Crippen LogP contribution in [0, 0.1) is 5.92 Å². The summed E-state index contributed by atoms with van der Waals surface area (Å²) in [6.07, 6.45) is 1.17. The molecule has 1 heterocycles. The minimum Gasteiger partial charge on any atom is -0.444 e. The van der Waals surface area contributed by atoms with Gasteiger partial charge in [-0.25, -0.2) is 4.79 Å². The fraction of sp³-hybridized carbons (Fsp3) is 0.600. The smallest absolute Gasteiger partial charge is 0.410 e. The van der Waals surface area contributed by atoms with Crippen molar-refractivity contribution in [3.05, 3.63) is 33.8 Å². The average molecular weight is 415 g/mol. The number of halogens is 2. The van der Waals surface area contributed by atoms with Crippen LogP contribution in [0.25, 0.3) is 0 Å². The molecular formula is C20H28Cl2N2O3. The van der Waals surface area contributed by atoms with Gasteiger partial charge in [-0.1, -0.05) is 29.3 Å². The summed E-state index contributed by atoms with van der Waals surface area (Å²) in [5.41, 5.74) is 0.195. The number of nitrogens with zero attached hydrogens (tertiary/aromatic N) is 2. The number of piperidine rings is 1. The first-order valence-corrected chi connectivity index (χ1v) is 10.1. The molecule has 1 unspecified atom stereocenters. The summed E-state index contributed by atoms with van der Waals surface area (Å²) < 4.78 is 5.45. The summed E-state index contributed by atoms with van der Waals surface area (Å²) in [6.45, 7) is 9.33. The molecule has 1 atom stereocenters. The van der Waals surface area contributed by atoms with Crippen LogP contribution in [0.15, 0.2) is 18.2 Å². The van der Waals surface area contributed by atoms with Crippen molar-refractivity contribution in [3.8, 4) is 0 Å². The number of likely N-dealkylation sites (tertiary alicyclic amines) is 1. The van der Waals surface area contributed by atoms with E-state index in [1.807, 2.05) is 27.7 Å². The zero-order chi connectivity index (χ0) is 20.2. The number of carbonyl (C=O) groups excluding carboxylic acids is 2. The third kappa shape index (κ3) is 6.01.